The maximum atomic E-state index is 11.9. The number of rotatable bonds is 2. The second-order valence-corrected chi connectivity index (χ2v) is 4.90. The first kappa shape index (κ1) is 13.1. The third kappa shape index (κ3) is 2.56. The first-order valence-corrected chi connectivity index (χ1v) is 6.68. The molecule has 104 valence electrons. The lowest BCUT2D eigenvalue weighted by molar-refractivity contribution is 0.100. The third-order valence-electron chi connectivity index (χ3n) is 3.48. The van der Waals surface area contributed by atoms with Crippen LogP contribution in [0.15, 0.2) is 59.6 Å². The molecule has 3 rings (SSSR count). The Morgan fingerprint density at radius 1 is 1.05 bits per heavy atom. The number of aliphatic imine (C=N–C) groups is 1. The quantitative estimate of drug-likeness (QED) is 0.651. The number of hydrogen-bond acceptors (Lipinski definition) is 1. The van der Waals surface area contributed by atoms with Gasteiger partial charge in [-0.25, -0.2) is 0 Å². The maximum Gasteiger partial charge on any atom is 0.280 e. The van der Waals surface area contributed by atoms with Gasteiger partial charge in [0.05, 0.1) is 0 Å². The van der Waals surface area contributed by atoms with Crippen LogP contribution >= 0.6 is 0 Å². The van der Waals surface area contributed by atoms with Crippen LogP contribution in [0.1, 0.15) is 27.0 Å². The molecule has 1 aliphatic carbocycles. The Bertz CT molecular complexity index is 771. The van der Waals surface area contributed by atoms with Gasteiger partial charge in [0.1, 0.15) is 0 Å². The average molecular weight is 277 g/mol. The molecule has 0 aromatic heterocycles. The summed E-state index contributed by atoms with van der Waals surface area (Å²) in [5.74, 6) is -0.653. The predicted octanol–water partition coefficient (Wildman–Crippen LogP) is 2.09. The highest BCUT2D eigenvalue weighted by Gasteiger charge is 2.16. The van der Waals surface area contributed by atoms with Crippen LogP contribution in [-0.4, -0.2) is 11.9 Å². The zero-order valence-corrected chi connectivity index (χ0v) is 11.4. The Labute approximate surface area is 122 Å². The number of nitrogens with zero attached hydrogens (tertiary/aromatic N) is 1. The van der Waals surface area contributed by atoms with Crippen LogP contribution < -0.4 is 11.5 Å². The molecular weight excluding hydrogens is 262 g/mol. The van der Waals surface area contributed by atoms with Crippen LogP contribution in [0.2, 0.25) is 0 Å². The summed E-state index contributed by atoms with van der Waals surface area (Å²) in [5.41, 5.74) is 15.6. The molecule has 0 fully saturated rings. The van der Waals surface area contributed by atoms with Crippen molar-refractivity contribution >= 4 is 17.4 Å². The number of guanidine groups is 1. The standard InChI is InChI=1S/C17H15N3O/c18-17(19)20-16(21)13-6-3-5-12(10-13)15-9-8-11-4-1-2-7-14(11)15/h1-7,9-10H,8H2,(H4,18,19,20,21). The van der Waals surface area contributed by atoms with E-state index in [-0.39, 0.29) is 5.96 Å². The number of allylic oxidation sites excluding steroid dienone is 1. The SMILES string of the molecule is NC(N)=NC(=O)c1cccc(C2=CCc3ccccc32)c1. The molecule has 21 heavy (non-hydrogen) atoms. The Balaban J connectivity index is 1.99. The number of benzene rings is 2. The molecule has 0 saturated heterocycles. The molecule has 0 spiro atoms. The molecule has 2 aromatic carbocycles. The molecule has 0 atom stereocenters. The summed E-state index contributed by atoms with van der Waals surface area (Å²) in [6.45, 7) is 0. The second kappa shape index (κ2) is 5.25. The van der Waals surface area contributed by atoms with Crippen LogP contribution in [0.25, 0.3) is 5.57 Å². The van der Waals surface area contributed by atoms with E-state index >= 15 is 0 Å². The molecule has 2 aromatic rings. The van der Waals surface area contributed by atoms with Gasteiger partial charge in [-0.15, -0.1) is 0 Å². The first-order chi connectivity index (χ1) is 10.1. The summed E-state index contributed by atoms with van der Waals surface area (Å²) in [7, 11) is 0. The van der Waals surface area contributed by atoms with E-state index in [0.29, 0.717) is 5.56 Å². The van der Waals surface area contributed by atoms with Crippen molar-refractivity contribution in [1.82, 2.24) is 0 Å². The minimum atomic E-state index is -0.427. The highest BCUT2D eigenvalue weighted by Crippen LogP contribution is 2.32. The van der Waals surface area contributed by atoms with Crippen molar-refractivity contribution in [2.75, 3.05) is 0 Å². The van der Waals surface area contributed by atoms with E-state index in [2.05, 4.69) is 23.2 Å². The van der Waals surface area contributed by atoms with Gasteiger partial charge in [0, 0.05) is 5.56 Å². The fourth-order valence-corrected chi connectivity index (χ4v) is 2.56. The minimum absolute atomic E-state index is 0.226. The van der Waals surface area contributed by atoms with E-state index < -0.39 is 5.91 Å². The average Bonchev–Trinajstić information content (AvgIpc) is 2.90. The fourth-order valence-electron chi connectivity index (χ4n) is 2.56. The Morgan fingerprint density at radius 2 is 1.86 bits per heavy atom. The van der Waals surface area contributed by atoms with Gasteiger partial charge in [-0.2, -0.15) is 4.99 Å². The molecule has 0 bridgehead atoms. The van der Waals surface area contributed by atoms with Gasteiger partial charge in [-0.3, -0.25) is 4.79 Å². The van der Waals surface area contributed by atoms with E-state index in [1.165, 1.54) is 11.1 Å². The monoisotopic (exact) mass is 277 g/mol. The molecule has 0 saturated carbocycles. The molecular formula is C17H15N3O. The van der Waals surface area contributed by atoms with Gasteiger partial charge in [0.2, 0.25) is 0 Å². The van der Waals surface area contributed by atoms with Gasteiger partial charge in [-0.1, -0.05) is 42.5 Å². The van der Waals surface area contributed by atoms with Crippen molar-refractivity contribution in [1.29, 1.82) is 0 Å². The molecule has 1 amide bonds. The molecule has 4 heteroatoms. The van der Waals surface area contributed by atoms with Crippen LogP contribution in [0.4, 0.5) is 0 Å². The molecule has 0 radical (unpaired) electrons. The van der Waals surface area contributed by atoms with Gasteiger partial charge in [0.25, 0.3) is 5.91 Å². The first-order valence-electron chi connectivity index (χ1n) is 6.68. The summed E-state index contributed by atoms with van der Waals surface area (Å²) in [6, 6.07) is 15.6. The zero-order chi connectivity index (χ0) is 14.8. The predicted molar refractivity (Wildman–Crippen MR) is 83.8 cm³/mol. The Morgan fingerprint density at radius 3 is 2.67 bits per heavy atom. The summed E-state index contributed by atoms with van der Waals surface area (Å²) in [5, 5.41) is 0. The normalized spacial score (nSPS) is 12.5. The van der Waals surface area contributed by atoms with Crippen molar-refractivity contribution in [3.05, 3.63) is 76.9 Å². The van der Waals surface area contributed by atoms with Gasteiger partial charge in [0.15, 0.2) is 5.96 Å². The van der Waals surface area contributed by atoms with Crippen molar-refractivity contribution in [2.24, 2.45) is 16.5 Å². The van der Waals surface area contributed by atoms with Crippen LogP contribution in [0.3, 0.4) is 0 Å². The molecule has 4 nitrogen and oxygen atoms in total. The van der Waals surface area contributed by atoms with E-state index in [1.54, 1.807) is 6.07 Å². The lowest BCUT2D eigenvalue weighted by Gasteiger charge is -2.07. The summed E-state index contributed by atoms with van der Waals surface area (Å²) in [4.78, 5) is 15.5. The molecule has 0 unspecified atom stereocenters. The van der Waals surface area contributed by atoms with Gasteiger partial charge < -0.3 is 11.5 Å². The van der Waals surface area contributed by atoms with E-state index in [1.807, 2.05) is 30.3 Å². The number of carbonyl (C=O) groups is 1. The lowest BCUT2D eigenvalue weighted by Crippen LogP contribution is -2.24. The number of hydrogen-bond donors (Lipinski definition) is 2. The van der Waals surface area contributed by atoms with Gasteiger partial charge in [-0.05, 0) is 40.8 Å². The van der Waals surface area contributed by atoms with Crippen molar-refractivity contribution in [2.45, 2.75) is 6.42 Å². The third-order valence-corrected chi connectivity index (χ3v) is 3.48. The van der Waals surface area contributed by atoms with Crippen molar-refractivity contribution in [3.8, 4) is 0 Å². The topological polar surface area (TPSA) is 81.5 Å². The van der Waals surface area contributed by atoms with Crippen LogP contribution in [-0.2, 0) is 6.42 Å². The number of amides is 1. The summed E-state index contributed by atoms with van der Waals surface area (Å²) >= 11 is 0. The molecule has 4 N–H and O–H groups in total. The van der Waals surface area contributed by atoms with Crippen molar-refractivity contribution < 1.29 is 4.79 Å². The van der Waals surface area contributed by atoms with E-state index in [4.69, 9.17) is 11.5 Å². The molecule has 1 aliphatic rings. The van der Waals surface area contributed by atoms with Gasteiger partial charge >= 0.3 is 0 Å². The minimum Gasteiger partial charge on any atom is -0.370 e. The number of fused-ring (bicyclic) bond motifs is 1. The molecule has 0 heterocycles. The largest absolute Gasteiger partial charge is 0.370 e. The number of carbonyl (C=O) groups excluding carboxylic acids is 1. The maximum absolute atomic E-state index is 11.9. The Kier molecular flexibility index (Phi) is 3.28. The van der Waals surface area contributed by atoms with Crippen molar-refractivity contribution in [3.63, 3.8) is 0 Å². The number of nitrogens with two attached hydrogens (primary N) is 2. The fraction of sp³-hybridized carbons (Fsp3) is 0.0588. The highest BCUT2D eigenvalue weighted by molar-refractivity contribution is 6.02. The van der Waals surface area contributed by atoms with E-state index in [9.17, 15) is 4.79 Å². The van der Waals surface area contributed by atoms with Crippen LogP contribution in [0.5, 0.6) is 0 Å². The summed E-state index contributed by atoms with van der Waals surface area (Å²) < 4.78 is 0. The Hall–Kier alpha value is -2.88. The highest BCUT2D eigenvalue weighted by atomic mass is 16.1. The lowest BCUT2D eigenvalue weighted by atomic mass is 9.98. The smallest absolute Gasteiger partial charge is 0.280 e. The second-order valence-electron chi connectivity index (χ2n) is 4.90. The zero-order valence-electron chi connectivity index (χ0n) is 11.4. The summed E-state index contributed by atoms with van der Waals surface area (Å²) in [6.07, 6.45) is 3.09. The molecule has 0 aliphatic heterocycles. The van der Waals surface area contributed by atoms with E-state index in [0.717, 1.165) is 17.6 Å². The van der Waals surface area contributed by atoms with Crippen LogP contribution in [0, 0.1) is 0 Å².